The van der Waals surface area contributed by atoms with Gasteiger partial charge in [0.1, 0.15) is 17.8 Å². The average molecular weight is 529 g/mol. The van der Waals surface area contributed by atoms with Crippen molar-refractivity contribution in [2.24, 2.45) is 0 Å². The first-order valence-corrected chi connectivity index (χ1v) is 11.9. The van der Waals surface area contributed by atoms with Crippen LogP contribution in [0.25, 0.3) is 11.0 Å². The highest BCUT2D eigenvalue weighted by molar-refractivity contribution is 5.92. The second kappa shape index (κ2) is 9.88. The maximum atomic E-state index is 15.2. The van der Waals surface area contributed by atoms with Crippen molar-refractivity contribution >= 4 is 34.5 Å². The minimum atomic E-state index is -4.85. The lowest BCUT2D eigenvalue weighted by Gasteiger charge is -2.32. The lowest BCUT2D eigenvalue weighted by molar-refractivity contribution is -0.136. The molecule has 38 heavy (non-hydrogen) atoms. The molecule has 4 heterocycles. The van der Waals surface area contributed by atoms with Gasteiger partial charge in [-0.05, 0) is 43.0 Å². The number of fused-ring (bicyclic) bond motifs is 1. The van der Waals surface area contributed by atoms with Gasteiger partial charge in [-0.1, -0.05) is 6.92 Å². The molecular weight excluding hydrogens is 506 g/mol. The van der Waals surface area contributed by atoms with Crippen molar-refractivity contribution in [2.75, 3.05) is 23.3 Å². The van der Waals surface area contributed by atoms with E-state index in [1.54, 1.807) is 17.0 Å². The lowest BCUT2D eigenvalue weighted by Crippen LogP contribution is -2.35. The Bertz CT molecular complexity index is 1480. The van der Waals surface area contributed by atoms with Crippen LogP contribution in [0.5, 0.6) is 0 Å². The molecule has 0 amide bonds. The highest BCUT2D eigenvalue weighted by Gasteiger charge is 2.35. The first-order chi connectivity index (χ1) is 18.2. The van der Waals surface area contributed by atoms with Crippen LogP contribution in [0.1, 0.15) is 47.3 Å². The summed E-state index contributed by atoms with van der Waals surface area (Å²) >= 11 is 0. The van der Waals surface area contributed by atoms with Crippen LogP contribution in [0.2, 0.25) is 0 Å². The molecule has 0 bridgehead atoms. The van der Waals surface area contributed by atoms with Crippen LogP contribution in [-0.2, 0) is 12.6 Å². The molecule has 1 aromatic carbocycles. The Morgan fingerprint density at radius 1 is 1.13 bits per heavy atom. The Morgan fingerprint density at radius 3 is 2.47 bits per heavy atom. The molecule has 0 spiro atoms. The number of carbonyl (C=O) groups is 1. The van der Waals surface area contributed by atoms with Crippen molar-refractivity contribution in [2.45, 2.75) is 38.4 Å². The van der Waals surface area contributed by atoms with E-state index in [1.807, 2.05) is 6.92 Å². The SMILES string of the molecule is CCc1cnc(N2CCC(n3cc(F)c4c(Nc5ccc(C(=O)O)cc5C(F)(F)F)ncnc43)CC2)nc1. The van der Waals surface area contributed by atoms with Crippen LogP contribution in [0, 0.1) is 5.82 Å². The minimum absolute atomic E-state index is 0.0520. The summed E-state index contributed by atoms with van der Waals surface area (Å²) in [4.78, 5) is 30.3. The number of hydrogen-bond donors (Lipinski definition) is 2. The van der Waals surface area contributed by atoms with Gasteiger partial charge in [0.15, 0.2) is 5.82 Å². The number of carboxylic acids is 1. The van der Waals surface area contributed by atoms with E-state index in [0.29, 0.717) is 37.9 Å². The van der Waals surface area contributed by atoms with Crippen LogP contribution in [0.15, 0.2) is 43.1 Å². The number of aryl methyl sites for hydroxylation is 1. The summed E-state index contributed by atoms with van der Waals surface area (Å²) in [6, 6.07) is 2.45. The second-order valence-electron chi connectivity index (χ2n) is 8.96. The third kappa shape index (κ3) is 4.83. The quantitative estimate of drug-likeness (QED) is 0.327. The molecule has 0 atom stereocenters. The summed E-state index contributed by atoms with van der Waals surface area (Å²) in [7, 11) is 0. The zero-order valence-corrected chi connectivity index (χ0v) is 20.2. The predicted octanol–water partition coefficient (Wildman–Crippen LogP) is 5.22. The third-order valence-corrected chi connectivity index (χ3v) is 6.63. The number of aromatic nitrogens is 5. The molecule has 1 fully saturated rings. The topological polar surface area (TPSA) is 109 Å². The van der Waals surface area contributed by atoms with E-state index in [1.165, 1.54) is 6.20 Å². The summed E-state index contributed by atoms with van der Waals surface area (Å²) in [6.07, 6.45) is 3.35. The molecule has 1 aliphatic rings. The normalized spacial score (nSPS) is 14.7. The van der Waals surface area contributed by atoms with Gasteiger partial charge in [0, 0.05) is 37.7 Å². The fourth-order valence-corrected chi connectivity index (χ4v) is 4.60. The second-order valence-corrected chi connectivity index (χ2v) is 8.96. The Labute approximate surface area is 214 Å². The minimum Gasteiger partial charge on any atom is -0.478 e. The zero-order chi connectivity index (χ0) is 27.0. The molecule has 0 saturated carbocycles. The fourth-order valence-electron chi connectivity index (χ4n) is 4.60. The van der Waals surface area contributed by atoms with Gasteiger partial charge in [0.2, 0.25) is 5.95 Å². The third-order valence-electron chi connectivity index (χ3n) is 6.63. The van der Waals surface area contributed by atoms with E-state index < -0.39 is 34.8 Å². The fraction of sp³-hybridized carbons (Fsp3) is 0.320. The van der Waals surface area contributed by atoms with Crippen molar-refractivity contribution in [1.29, 1.82) is 0 Å². The predicted molar refractivity (Wildman–Crippen MR) is 131 cm³/mol. The summed E-state index contributed by atoms with van der Waals surface area (Å²) in [5.41, 5.74) is -0.881. The standard InChI is InChI=1S/C25H23F4N7O2/c1-2-14-10-30-24(31-11-14)35-7-5-16(6-8-35)36-12-18(26)20-21(32-13-33-22(20)36)34-19-4-3-15(23(37)38)9-17(19)25(27,28)29/h3-4,9-13,16H,2,5-8H2,1H3,(H,37,38)(H,32,33,34). The molecule has 2 N–H and O–H groups in total. The van der Waals surface area contributed by atoms with Crippen LogP contribution in [0.4, 0.5) is 35.0 Å². The first kappa shape index (κ1) is 25.4. The van der Waals surface area contributed by atoms with Crippen molar-refractivity contribution in [3.8, 4) is 0 Å². The van der Waals surface area contributed by atoms with Gasteiger partial charge in [-0.3, -0.25) is 0 Å². The number of nitrogens with zero attached hydrogens (tertiary/aromatic N) is 6. The summed E-state index contributed by atoms with van der Waals surface area (Å²) in [5.74, 6) is -1.70. The van der Waals surface area contributed by atoms with Crippen molar-refractivity contribution < 1.29 is 27.5 Å². The number of nitrogens with one attached hydrogen (secondary N) is 1. The van der Waals surface area contributed by atoms with E-state index >= 15 is 4.39 Å². The van der Waals surface area contributed by atoms with Crippen LogP contribution in [0.3, 0.4) is 0 Å². The van der Waals surface area contributed by atoms with Crippen molar-refractivity contribution in [3.63, 3.8) is 0 Å². The highest BCUT2D eigenvalue weighted by Crippen LogP contribution is 2.38. The van der Waals surface area contributed by atoms with Crippen LogP contribution < -0.4 is 10.2 Å². The van der Waals surface area contributed by atoms with E-state index in [-0.39, 0.29) is 22.9 Å². The monoisotopic (exact) mass is 529 g/mol. The largest absolute Gasteiger partial charge is 0.478 e. The average Bonchev–Trinajstić information content (AvgIpc) is 3.25. The molecule has 4 aromatic rings. The van der Waals surface area contributed by atoms with Gasteiger partial charge < -0.3 is 19.9 Å². The molecule has 9 nitrogen and oxygen atoms in total. The molecule has 0 radical (unpaired) electrons. The molecular formula is C25H23F4N7O2. The van der Waals surface area contributed by atoms with Crippen LogP contribution in [-0.4, -0.2) is 48.7 Å². The zero-order valence-electron chi connectivity index (χ0n) is 20.2. The Balaban J connectivity index is 1.41. The molecule has 198 valence electrons. The van der Waals surface area contributed by atoms with Gasteiger partial charge in [-0.25, -0.2) is 29.1 Å². The van der Waals surface area contributed by atoms with E-state index in [4.69, 9.17) is 5.11 Å². The maximum Gasteiger partial charge on any atom is 0.418 e. The van der Waals surface area contributed by atoms with E-state index in [9.17, 15) is 18.0 Å². The number of halogens is 4. The molecule has 0 unspecified atom stereocenters. The smallest absolute Gasteiger partial charge is 0.418 e. The van der Waals surface area contributed by atoms with E-state index in [0.717, 1.165) is 30.4 Å². The molecule has 0 aliphatic carbocycles. The van der Waals surface area contributed by atoms with Crippen LogP contribution >= 0.6 is 0 Å². The highest BCUT2D eigenvalue weighted by atomic mass is 19.4. The maximum absolute atomic E-state index is 15.2. The summed E-state index contributed by atoms with van der Waals surface area (Å²) in [5, 5.41) is 11.6. The first-order valence-electron chi connectivity index (χ1n) is 11.9. The van der Waals surface area contributed by atoms with Gasteiger partial charge >= 0.3 is 12.1 Å². The van der Waals surface area contributed by atoms with Gasteiger partial charge in [0.05, 0.1) is 22.2 Å². The molecule has 1 saturated heterocycles. The van der Waals surface area contributed by atoms with Gasteiger partial charge in [-0.15, -0.1) is 0 Å². The number of benzene rings is 1. The van der Waals surface area contributed by atoms with E-state index in [2.05, 4.69) is 30.2 Å². The molecule has 3 aromatic heterocycles. The Kier molecular flexibility index (Phi) is 6.59. The van der Waals surface area contributed by atoms with Crippen molar-refractivity contribution in [3.05, 3.63) is 65.6 Å². The number of anilines is 3. The summed E-state index contributed by atoms with van der Waals surface area (Å²) in [6.45, 7) is 3.30. The number of rotatable bonds is 6. The number of hydrogen-bond acceptors (Lipinski definition) is 7. The number of piperidine rings is 1. The van der Waals surface area contributed by atoms with Gasteiger partial charge in [-0.2, -0.15) is 13.2 Å². The number of aromatic carboxylic acids is 1. The van der Waals surface area contributed by atoms with Gasteiger partial charge in [0.25, 0.3) is 0 Å². The Morgan fingerprint density at radius 2 is 1.84 bits per heavy atom. The molecule has 5 rings (SSSR count). The lowest BCUT2D eigenvalue weighted by atomic mass is 10.1. The number of alkyl halides is 3. The van der Waals surface area contributed by atoms with Crippen molar-refractivity contribution in [1.82, 2.24) is 24.5 Å². The number of carboxylic acid groups (broad SMARTS) is 1. The molecule has 1 aliphatic heterocycles. The summed E-state index contributed by atoms with van der Waals surface area (Å²) < 4.78 is 57.9. The Hall–Kier alpha value is -4.29. The molecule has 13 heteroatoms.